The van der Waals surface area contributed by atoms with Gasteiger partial charge < -0.3 is 10.4 Å². The Morgan fingerprint density at radius 3 is 2.43 bits per heavy atom. The van der Waals surface area contributed by atoms with Gasteiger partial charge in [-0.25, -0.2) is 13.2 Å². The number of hydrogen-bond donors (Lipinski definition) is 2. The van der Waals surface area contributed by atoms with E-state index in [0.717, 1.165) is 31.0 Å². The van der Waals surface area contributed by atoms with E-state index in [2.05, 4.69) is 5.32 Å². The van der Waals surface area contributed by atoms with Crippen LogP contribution < -0.4 is 5.32 Å². The van der Waals surface area contributed by atoms with Crippen LogP contribution in [-0.4, -0.2) is 54.3 Å². The number of likely N-dealkylation sites (tertiary alicyclic amines) is 1. The SMILES string of the molecule is N#CC(NC(=O)[C@@H]1C[C@@H](S(=O)(=O)c2ccccc2C(F)(F)F)CN1C(=O)O)C1CC1. The van der Waals surface area contributed by atoms with Gasteiger partial charge in [0.2, 0.25) is 5.91 Å². The fraction of sp³-hybridized carbons (Fsp3) is 0.500. The van der Waals surface area contributed by atoms with Gasteiger partial charge in [0.05, 0.1) is 21.8 Å². The van der Waals surface area contributed by atoms with Crippen LogP contribution in [0.1, 0.15) is 24.8 Å². The van der Waals surface area contributed by atoms with Gasteiger partial charge in [0.1, 0.15) is 12.1 Å². The highest BCUT2D eigenvalue weighted by atomic mass is 32.2. The number of benzene rings is 1. The number of hydrogen-bond acceptors (Lipinski definition) is 5. The first kappa shape index (κ1) is 21.9. The first-order valence-electron chi connectivity index (χ1n) is 9.06. The summed E-state index contributed by atoms with van der Waals surface area (Å²) in [4.78, 5) is 23.7. The Morgan fingerprint density at radius 2 is 1.90 bits per heavy atom. The van der Waals surface area contributed by atoms with Gasteiger partial charge in [-0.3, -0.25) is 9.69 Å². The molecule has 1 aromatic rings. The molecule has 2 aliphatic rings. The Bertz CT molecular complexity index is 1000. The van der Waals surface area contributed by atoms with Crippen molar-refractivity contribution in [3.63, 3.8) is 0 Å². The molecule has 0 aromatic heterocycles. The van der Waals surface area contributed by atoms with Gasteiger partial charge >= 0.3 is 12.3 Å². The van der Waals surface area contributed by atoms with Crippen LogP contribution in [0.5, 0.6) is 0 Å². The highest BCUT2D eigenvalue weighted by Gasteiger charge is 2.48. The van der Waals surface area contributed by atoms with Crippen molar-refractivity contribution >= 4 is 21.8 Å². The van der Waals surface area contributed by atoms with Gasteiger partial charge in [0, 0.05) is 6.54 Å². The van der Waals surface area contributed by atoms with E-state index in [-0.39, 0.29) is 5.92 Å². The van der Waals surface area contributed by atoms with Crippen molar-refractivity contribution in [1.82, 2.24) is 10.2 Å². The van der Waals surface area contributed by atoms with Crippen LogP contribution in [0.25, 0.3) is 0 Å². The van der Waals surface area contributed by atoms with Crippen molar-refractivity contribution in [3.8, 4) is 6.07 Å². The van der Waals surface area contributed by atoms with Crippen LogP contribution in [-0.2, 0) is 20.8 Å². The van der Waals surface area contributed by atoms with Gasteiger partial charge in [0.25, 0.3) is 0 Å². The van der Waals surface area contributed by atoms with Crippen LogP contribution in [0.4, 0.5) is 18.0 Å². The molecule has 1 aromatic carbocycles. The quantitative estimate of drug-likeness (QED) is 0.714. The number of nitriles is 1. The molecule has 1 unspecified atom stereocenters. The topological polar surface area (TPSA) is 128 Å². The monoisotopic (exact) mass is 445 g/mol. The zero-order valence-electron chi connectivity index (χ0n) is 15.5. The number of carboxylic acid groups (broad SMARTS) is 1. The minimum absolute atomic E-state index is 0.0446. The zero-order chi connectivity index (χ0) is 22.3. The third kappa shape index (κ3) is 4.21. The van der Waals surface area contributed by atoms with Gasteiger partial charge in [-0.05, 0) is 37.3 Å². The highest BCUT2D eigenvalue weighted by molar-refractivity contribution is 7.92. The van der Waals surface area contributed by atoms with Crippen LogP contribution in [0.15, 0.2) is 29.2 Å². The number of nitrogens with one attached hydrogen (secondary N) is 1. The van der Waals surface area contributed by atoms with Gasteiger partial charge in [-0.1, -0.05) is 12.1 Å². The number of rotatable bonds is 5. The molecular weight excluding hydrogens is 427 g/mol. The number of sulfone groups is 1. The predicted octanol–water partition coefficient (Wildman–Crippen LogP) is 2.02. The second kappa shape index (κ2) is 7.79. The van der Waals surface area contributed by atoms with Crippen molar-refractivity contribution in [2.24, 2.45) is 5.92 Å². The molecule has 3 atom stereocenters. The van der Waals surface area contributed by atoms with Gasteiger partial charge in [0.15, 0.2) is 9.84 Å². The second-order valence-electron chi connectivity index (χ2n) is 7.30. The summed E-state index contributed by atoms with van der Waals surface area (Å²) >= 11 is 0. The molecular formula is C18H18F3N3O5S. The Balaban J connectivity index is 1.88. The molecule has 0 radical (unpaired) electrons. The molecule has 30 heavy (non-hydrogen) atoms. The molecule has 1 heterocycles. The first-order chi connectivity index (χ1) is 14.0. The van der Waals surface area contributed by atoms with E-state index in [4.69, 9.17) is 5.26 Å². The van der Waals surface area contributed by atoms with Gasteiger partial charge in [-0.2, -0.15) is 18.4 Å². The number of carbonyl (C=O) groups excluding carboxylic acids is 1. The normalized spacial score (nSPS) is 22.9. The van der Waals surface area contributed by atoms with Crippen LogP contribution in [0.3, 0.4) is 0 Å². The van der Waals surface area contributed by atoms with Crippen LogP contribution in [0.2, 0.25) is 0 Å². The number of amides is 2. The molecule has 1 saturated heterocycles. The highest BCUT2D eigenvalue weighted by Crippen LogP contribution is 2.38. The lowest BCUT2D eigenvalue weighted by molar-refractivity contribution is -0.139. The van der Waals surface area contributed by atoms with Crippen molar-refractivity contribution in [2.45, 2.75) is 47.7 Å². The predicted molar refractivity (Wildman–Crippen MR) is 95.8 cm³/mol. The molecule has 8 nitrogen and oxygen atoms in total. The molecule has 0 bridgehead atoms. The molecule has 2 N–H and O–H groups in total. The fourth-order valence-electron chi connectivity index (χ4n) is 3.55. The van der Waals surface area contributed by atoms with Crippen molar-refractivity contribution < 1.29 is 36.3 Å². The van der Waals surface area contributed by atoms with E-state index < -0.39 is 68.8 Å². The average Bonchev–Trinajstić information content (AvgIpc) is 3.41. The van der Waals surface area contributed by atoms with Crippen molar-refractivity contribution in [1.29, 1.82) is 5.26 Å². The summed E-state index contributed by atoms with van der Waals surface area (Å²) in [6, 6.07) is 3.31. The first-order valence-corrected chi connectivity index (χ1v) is 10.6. The maximum absolute atomic E-state index is 13.3. The lowest BCUT2D eigenvalue weighted by Gasteiger charge is -2.21. The molecule has 1 saturated carbocycles. The lowest BCUT2D eigenvalue weighted by Crippen LogP contribution is -2.48. The molecule has 2 amide bonds. The standard InChI is InChI=1S/C18H18F3N3O5S/c19-18(20,21)12-3-1-2-4-15(12)30(28,29)11-7-14(24(9-11)17(26)27)16(25)23-13(8-22)10-5-6-10/h1-4,10-11,13-14H,5-7,9H2,(H,23,25)(H,26,27)/t11-,13?,14+/m1/s1. The molecule has 1 aliphatic heterocycles. The minimum atomic E-state index is -4.92. The molecule has 0 spiro atoms. The molecule has 12 heteroatoms. The fourth-order valence-corrected chi connectivity index (χ4v) is 5.46. The molecule has 3 rings (SSSR count). The molecule has 2 fully saturated rings. The van der Waals surface area contributed by atoms with Crippen LogP contribution >= 0.6 is 0 Å². The van der Waals surface area contributed by atoms with E-state index in [1.54, 1.807) is 0 Å². The van der Waals surface area contributed by atoms with Gasteiger partial charge in [-0.15, -0.1) is 0 Å². The lowest BCUT2D eigenvalue weighted by atomic mass is 10.1. The molecule has 162 valence electrons. The minimum Gasteiger partial charge on any atom is -0.465 e. The average molecular weight is 445 g/mol. The van der Waals surface area contributed by atoms with Crippen LogP contribution in [0, 0.1) is 17.2 Å². The summed E-state index contributed by atoms with van der Waals surface area (Å²) in [5, 5.41) is 19.4. The number of nitrogens with zero attached hydrogens (tertiary/aromatic N) is 2. The summed E-state index contributed by atoms with van der Waals surface area (Å²) in [6.45, 7) is -0.650. The number of alkyl halides is 3. The summed E-state index contributed by atoms with van der Waals surface area (Å²) in [7, 11) is -4.59. The summed E-state index contributed by atoms with van der Waals surface area (Å²) in [5.74, 6) is -0.880. The number of halogens is 3. The third-order valence-electron chi connectivity index (χ3n) is 5.28. The summed E-state index contributed by atoms with van der Waals surface area (Å²) in [5.41, 5.74) is -1.35. The van der Waals surface area contributed by atoms with Crippen molar-refractivity contribution in [2.75, 3.05) is 6.54 Å². The smallest absolute Gasteiger partial charge is 0.417 e. The van der Waals surface area contributed by atoms with E-state index in [9.17, 15) is 36.3 Å². The number of carbonyl (C=O) groups is 2. The van der Waals surface area contributed by atoms with Crippen molar-refractivity contribution in [3.05, 3.63) is 29.8 Å². The van der Waals surface area contributed by atoms with E-state index in [1.165, 1.54) is 0 Å². The summed E-state index contributed by atoms with van der Waals surface area (Å²) in [6.07, 6.45) is -5.53. The Labute approximate surface area is 170 Å². The van der Waals surface area contributed by atoms with E-state index in [0.29, 0.717) is 11.0 Å². The molecule has 1 aliphatic carbocycles. The third-order valence-corrected chi connectivity index (χ3v) is 7.47. The van der Waals surface area contributed by atoms with E-state index >= 15 is 0 Å². The Morgan fingerprint density at radius 1 is 1.27 bits per heavy atom. The van der Waals surface area contributed by atoms with E-state index in [1.807, 2.05) is 6.07 Å². The Hall–Kier alpha value is -2.81. The maximum Gasteiger partial charge on any atom is 0.417 e. The Kier molecular flexibility index (Phi) is 5.68. The zero-order valence-corrected chi connectivity index (χ0v) is 16.3. The second-order valence-corrected chi connectivity index (χ2v) is 9.50. The summed E-state index contributed by atoms with van der Waals surface area (Å²) < 4.78 is 65.7. The largest absolute Gasteiger partial charge is 0.465 e. The maximum atomic E-state index is 13.3.